The summed E-state index contributed by atoms with van der Waals surface area (Å²) >= 11 is 0. The van der Waals surface area contributed by atoms with Gasteiger partial charge in [0.1, 0.15) is 22.6 Å². The number of aliphatic imine (C=N–C) groups is 1. The van der Waals surface area contributed by atoms with Crippen molar-refractivity contribution in [2.45, 2.75) is 78.7 Å². The minimum absolute atomic E-state index is 0.168. The maximum atomic E-state index is 15.1. The van der Waals surface area contributed by atoms with E-state index in [-0.39, 0.29) is 17.9 Å². The Morgan fingerprint density at radius 3 is 2.24 bits per heavy atom. The molecular weight excluding hydrogens is 441 g/mol. The molecule has 0 bridgehead atoms. The van der Waals surface area contributed by atoms with Gasteiger partial charge in [-0.25, -0.2) is 19.0 Å². The fraction of sp³-hybridized carbons (Fsp3) is 0.500. The third-order valence-electron chi connectivity index (χ3n) is 4.90. The number of rotatable bonds is 2. The van der Waals surface area contributed by atoms with E-state index in [0.717, 1.165) is 5.69 Å². The molecule has 10 heteroatoms. The van der Waals surface area contributed by atoms with E-state index < -0.39 is 34.7 Å². The number of hydrogen-bond acceptors (Lipinski definition) is 6. The van der Waals surface area contributed by atoms with Crippen molar-refractivity contribution in [1.29, 1.82) is 0 Å². The van der Waals surface area contributed by atoms with Gasteiger partial charge in [0.25, 0.3) is 0 Å². The van der Waals surface area contributed by atoms with E-state index >= 15 is 4.39 Å². The summed E-state index contributed by atoms with van der Waals surface area (Å²) in [4.78, 5) is 33.7. The van der Waals surface area contributed by atoms with Crippen molar-refractivity contribution in [3.63, 3.8) is 0 Å². The van der Waals surface area contributed by atoms with Gasteiger partial charge in [-0.2, -0.15) is 0 Å². The highest BCUT2D eigenvalue weighted by Gasteiger charge is 2.37. The van der Waals surface area contributed by atoms with Crippen molar-refractivity contribution < 1.29 is 23.5 Å². The van der Waals surface area contributed by atoms with E-state index in [1.165, 1.54) is 18.2 Å². The predicted molar refractivity (Wildman–Crippen MR) is 126 cm³/mol. The van der Waals surface area contributed by atoms with Crippen LogP contribution in [0.2, 0.25) is 0 Å². The van der Waals surface area contributed by atoms with Gasteiger partial charge in [0.2, 0.25) is 0 Å². The van der Waals surface area contributed by atoms with Crippen molar-refractivity contribution in [2.75, 3.05) is 5.32 Å². The second kappa shape index (κ2) is 8.73. The Balaban J connectivity index is 1.98. The van der Waals surface area contributed by atoms with Crippen LogP contribution in [0.3, 0.4) is 0 Å². The number of amidine groups is 1. The van der Waals surface area contributed by atoms with Crippen LogP contribution in [0, 0.1) is 12.7 Å². The van der Waals surface area contributed by atoms with Gasteiger partial charge in [0.05, 0.1) is 6.54 Å². The number of carbonyl (C=O) groups is 2. The first-order valence-corrected chi connectivity index (χ1v) is 11.0. The van der Waals surface area contributed by atoms with E-state index in [9.17, 15) is 9.59 Å². The van der Waals surface area contributed by atoms with Crippen molar-refractivity contribution in [3.05, 3.63) is 47.3 Å². The lowest BCUT2D eigenvalue weighted by Crippen LogP contribution is -2.44. The minimum atomic E-state index is -1.11. The molecular formula is C24H32FN5O4. The number of halogens is 1. The number of imidazole rings is 1. The lowest BCUT2D eigenvalue weighted by atomic mass is 9.90. The number of alkyl carbamates (subject to hydrolysis) is 1. The second-order valence-electron chi connectivity index (χ2n) is 10.5. The molecule has 0 aliphatic carbocycles. The molecule has 2 aromatic rings. The van der Waals surface area contributed by atoms with Crippen LogP contribution in [0.25, 0.3) is 0 Å². The second-order valence-corrected chi connectivity index (χ2v) is 10.5. The highest BCUT2D eigenvalue weighted by molar-refractivity contribution is 6.05. The van der Waals surface area contributed by atoms with Crippen LogP contribution in [0.5, 0.6) is 0 Å². The van der Waals surface area contributed by atoms with Crippen LogP contribution in [-0.2, 0) is 21.6 Å². The molecule has 0 saturated carbocycles. The van der Waals surface area contributed by atoms with Crippen molar-refractivity contribution in [1.82, 2.24) is 14.9 Å². The van der Waals surface area contributed by atoms with E-state index in [4.69, 9.17) is 9.47 Å². The number of fused-ring (bicyclic) bond motifs is 1. The molecule has 2 N–H and O–H groups in total. The Morgan fingerprint density at radius 2 is 1.65 bits per heavy atom. The van der Waals surface area contributed by atoms with Crippen molar-refractivity contribution in [3.8, 4) is 0 Å². The van der Waals surface area contributed by atoms with Crippen molar-refractivity contribution in [2.24, 2.45) is 4.99 Å². The maximum absolute atomic E-state index is 15.1. The van der Waals surface area contributed by atoms with Gasteiger partial charge < -0.3 is 14.0 Å². The molecule has 1 atom stereocenters. The maximum Gasteiger partial charge on any atom is 0.413 e. The summed E-state index contributed by atoms with van der Waals surface area (Å²) in [6.45, 7) is 14.4. The molecule has 0 spiro atoms. The predicted octanol–water partition coefficient (Wildman–Crippen LogP) is 4.88. The van der Waals surface area contributed by atoms with Crippen LogP contribution in [-0.4, -0.2) is 38.8 Å². The van der Waals surface area contributed by atoms with Gasteiger partial charge >= 0.3 is 12.2 Å². The first kappa shape index (κ1) is 25.2. The van der Waals surface area contributed by atoms with Gasteiger partial charge in [0.15, 0.2) is 11.7 Å². The van der Waals surface area contributed by atoms with Gasteiger partial charge in [-0.3, -0.25) is 15.6 Å². The Kier molecular flexibility index (Phi) is 6.47. The number of aromatic nitrogens is 2. The highest BCUT2D eigenvalue weighted by Crippen LogP contribution is 2.35. The number of nitrogens with one attached hydrogen (secondary N) is 2. The standard InChI is InChI=1S/C24H32FN5O4/c1-14-12-26-19-18(28-21(32)34-23(5,6)7)29-24(8,13-30(14)19)16-11-15(9-10-17(16)25)27-20(31)33-22(2,3)4/h9-12H,13H2,1-8H3,(H,27,31)(H,28,29,32). The average molecular weight is 474 g/mol. The van der Waals surface area contributed by atoms with E-state index in [2.05, 4.69) is 20.6 Å². The lowest BCUT2D eigenvalue weighted by molar-refractivity contribution is 0.0560. The molecule has 34 heavy (non-hydrogen) atoms. The topological polar surface area (TPSA) is 107 Å². The fourth-order valence-electron chi connectivity index (χ4n) is 3.56. The molecule has 1 aliphatic rings. The third-order valence-corrected chi connectivity index (χ3v) is 4.90. The Hall–Kier alpha value is -3.43. The van der Waals surface area contributed by atoms with Crippen LogP contribution < -0.4 is 10.6 Å². The number of amides is 2. The van der Waals surface area contributed by atoms with E-state index in [1.807, 2.05) is 11.5 Å². The summed E-state index contributed by atoms with van der Waals surface area (Å²) in [6, 6.07) is 4.23. The number of aryl methyl sites for hydroxylation is 1. The summed E-state index contributed by atoms with van der Waals surface area (Å²) in [6.07, 6.45) is 0.315. The number of carbonyl (C=O) groups excluding carboxylic acids is 2. The summed E-state index contributed by atoms with van der Waals surface area (Å²) in [5, 5.41) is 5.29. The average Bonchev–Trinajstić information content (AvgIpc) is 3.01. The molecule has 3 rings (SSSR count). The summed E-state index contributed by atoms with van der Waals surface area (Å²) in [5.74, 6) is 0.115. The summed E-state index contributed by atoms with van der Waals surface area (Å²) in [5.41, 5.74) is -1.08. The van der Waals surface area contributed by atoms with Gasteiger partial charge in [-0.15, -0.1) is 0 Å². The number of nitrogens with zero attached hydrogens (tertiary/aromatic N) is 3. The first-order valence-electron chi connectivity index (χ1n) is 11.0. The zero-order chi connectivity index (χ0) is 25.5. The number of anilines is 1. The molecule has 2 amide bonds. The molecule has 2 heterocycles. The van der Waals surface area contributed by atoms with Crippen LogP contribution in [0.15, 0.2) is 29.4 Å². The zero-order valence-electron chi connectivity index (χ0n) is 20.9. The summed E-state index contributed by atoms with van der Waals surface area (Å²) < 4.78 is 27.6. The Morgan fingerprint density at radius 1 is 1.06 bits per heavy atom. The quantitative estimate of drug-likeness (QED) is 0.647. The Bertz CT molecular complexity index is 1140. The van der Waals surface area contributed by atoms with Gasteiger partial charge in [0, 0.05) is 23.1 Å². The molecule has 0 fully saturated rings. The zero-order valence-corrected chi connectivity index (χ0v) is 20.9. The number of benzene rings is 1. The number of hydrogen-bond donors (Lipinski definition) is 2. The van der Waals surface area contributed by atoms with Crippen molar-refractivity contribution >= 4 is 23.7 Å². The highest BCUT2D eigenvalue weighted by atomic mass is 19.1. The molecule has 1 unspecified atom stereocenters. The largest absolute Gasteiger partial charge is 0.444 e. The monoisotopic (exact) mass is 473 g/mol. The van der Waals surface area contributed by atoms with Gasteiger partial charge in [-0.05, 0) is 73.6 Å². The SMILES string of the molecule is Cc1cnc2n1CC(C)(c1cc(NC(=O)OC(C)(C)C)ccc1F)N=C2NC(=O)OC(C)(C)C. The molecule has 0 saturated heterocycles. The van der Waals surface area contributed by atoms with E-state index in [1.54, 1.807) is 54.7 Å². The molecule has 184 valence electrons. The smallest absolute Gasteiger partial charge is 0.413 e. The normalized spacial score (nSPS) is 18.0. The lowest BCUT2D eigenvalue weighted by Gasteiger charge is -2.33. The molecule has 0 radical (unpaired) electrons. The van der Waals surface area contributed by atoms with Gasteiger partial charge in [-0.1, -0.05) is 0 Å². The minimum Gasteiger partial charge on any atom is -0.444 e. The van der Waals surface area contributed by atoms with Crippen LogP contribution in [0.4, 0.5) is 19.7 Å². The van der Waals surface area contributed by atoms with Crippen LogP contribution >= 0.6 is 0 Å². The third kappa shape index (κ3) is 5.92. The molecule has 1 aliphatic heterocycles. The summed E-state index contributed by atoms with van der Waals surface area (Å²) in [7, 11) is 0. The molecule has 1 aromatic carbocycles. The molecule has 9 nitrogen and oxygen atoms in total. The molecule has 1 aromatic heterocycles. The fourth-order valence-corrected chi connectivity index (χ4v) is 3.56. The van der Waals surface area contributed by atoms with E-state index in [0.29, 0.717) is 11.5 Å². The Labute approximate surface area is 198 Å². The first-order chi connectivity index (χ1) is 15.6. The van der Waals surface area contributed by atoms with Crippen LogP contribution in [0.1, 0.15) is 65.5 Å². The number of ether oxygens (including phenoxy) is 2.